The second-order valence-corrected chi connectivity index (χ2v) is 3.32. The fourth-order valence-electron chi connectivity index (χ4n) is 1.08. The van der Waals surface area contributed by atoms with Crippen LogP contribution in [0.25, 0.3) is 0 Å². The standard InChI is InChI=1S/C9H20N2O2/c1-7(5-10-3)9(12)11-8(2)6-13-4/h7-8,10H,5-6H2,1-4H3,(H,11,12). The van der Waals surface area contributed by atoms with Gasteiger partial charge >= 0.3 is 0 Å². The van der Waals surface area contributed by atoms with E-state index in [1.165, 1.54) is 0 Å². The van der Waals surface area contributed by atoms with Crippen molar-refractivity contribution in [1.29, 1.82) is 0 Å². The monoisotopic (exact) mass is 188 g/mol. The summed E-state index contributed by atoms with van der Waals surface area (Å²) < 4.78 is 4.91. The van der Waals surface area contributed by atoms with Crippen molar-refractivity contribution in [3.63, 3.8) is 0 Å². The maximum Gasteiger partial charge on any atom is 0.224 e. The van der Waals surface area contributed by atoms with Crippen LogP contribution in [-0.4, -0.2) is 39.3 Å². The van der Waals surface area contributed by atoms with Crippen LogP contribution in [0.15, 0.2) is 0 Å². The SMILES string of the molecule is CNCC(C)C(=O)NC(C)COC. The highest BCUT2D eigenvalue weighted by molar-refractivity contribution is 5.78. The van der Waals surface area contributed by atoms with Crippen molar-refractivity contribution in [2.45, 2.75) is 19.9 Å². The van der Waals surface area contributed by atoms with E-state index in [-0.39, 0.29) is 17.9 Å². The summed E-state index contributed by atoms with van der Waals surface area (Å²) in [5.74, 6) is 0.0724. The number of rotatable bonds is 6. The van der Waals surface area contributed by atoms with Gasteiger partial charge in [0.25, 0.3) is 0 Å². The third-order valence-corrected chi connectivity index (χ3v) is 1.76. The van der Waals surface area contributed by atoms with E-state index < -0.39 is 0 Å². The third kappa shape index (κ3) is 5.60. The number of hydrogen-bond donors (Lipinski definition) is 2. The van der Waals surface area contributed by atoms with Gasteiger partial charge in [-0.15, -0.1) is 0 Å². The number of methoxy groups -OCH3 is 1. The van der Waals surface area contributed by atoms with E-state index in [1.54, 1.807) is 7.11 Å². The Labute approximate surface area is 80.0 Å². The zero-order valence-corrected chi connectivity index (χ0v) is 8.89. The molecule has 13 heavy (non-hydrogen) atoms. The Morgan fingerprint density at radius 2 is 2.08 bits per heavy atom. The van der Waals surface area contributed by atoms with Crippen molar-refractivity contribution in [2.24, 2.45) is 5.92 Å². The lowest BCUT2D eigenvalue weighted by Crippen LogP contribution is -2.41. The molecule has 4 heteroatoms. The van der Waals surface area contributed by atoms with E-state index in [9.17, 15) is 4.79 Å². The molecule has 2 unspecified atom stereocenters. The van der Waals surface area contributed by atoms with Crippen molar-refractivity contribution in [3.05, 3.63) is 0 Å². The van der Waals surface area contributed by atoms with Crippen LogP contribution in [0.4, 0.5) is 0 Å². The maximum atomic E-state index is 11.4. The highest BCUT2D eigenvalue weighted by atomic mass is 16.5. The van der Waals surface area contributed by atoms with Crippen LogP contribution < -0.4 is 10.6 Å². The van der Waals surface area contributed by atoms with Gasteiger partial charge in [0.1, 0.15) is 0 Å². The van der Waals surface area contributed by atoms with Crippen LogP contribution in [-0.2, 0) is 9.53 Å². The van der Waals surface area contributed by atoms with Gasteiger partial charge in [-0.2, -0.15) is 0 Å². The van der Waals surface area contributed by atoms with Crippen molar-refractivity contribution in [2.75, 3.05) is 27.3 Å². The zero-order chi connectivity index (χ0) is 10.3. The minimum Gasteiger partial charge on any atom is -0.383 e. The molecule has 2 atom stereocenters. The predicted octanol–water partition coefficient (Wildman–Crippen LogP) is -0.00700. The Hall–Kier alpha value is -0.610. The van der Waals surface area contributed by atoms with Gasteiger partial charge in [-0.05, 0) is 14.0 Å². The van der Waals surface area contributed by atoms with Crippen LogP contribution in [0.1, 0.15) is 13.8 Å². The number of amides is 1. The largest absolute Gasteiger partial charge is 0.383 e. The molecule has 0 aliphatic heterocycles. The summed E-state index contributed by atoms with van der Waals surface area (Å²) in [4.78, 5) is 11.4. The minimum atomic E-state index is 0.00399. The van der Waals surface area contributed by atoms with E-state index in [4.69, 9.17) is 4.74 Å². The number of nitrogens with one attached hydrogen (secondary N) is 2. The molecule has 0 radical (unpaired) electrons. The predicted molar refractivity (Wildman–Crippen MR) is 52.6 cm³/mol. The van der Waals surface area contributed by atoms with Crippen molar-refractivity contribution >= 4 is 5.91 Å². The molecule has 0 aromatic heterocycles. The molecule has 0 aliphatic carbocycles. The summed E-state index contributed by atoms with van der Waals surface area (Å²) in [6.45, 7) is 5.07. The van der Waals surface area contributed by atoms with Gasteiger partial charge in [0.2, 0.25) is 5.91 Å². The van der Waals surface area contributed by atoms with Crippen LogP contribution in [0.5, 0.6) is 0 Å². The van der Waals surface area contributed by atoms with E-state index >= 15 is 0 Å². The van der Waals surface area contributed by atoms with Crippen LogP contribution in [0.2, 0.25) is 0 Å². The average molecular weight is 188 g/mol. The van der Waals surface area contributed by atoms with Gasteiger partial charge in [-0.3, -0.25) is 4.79 Å². The molecule has 0 fully saturated rings. The molecule has 0 bridgehead atoms. The summed E-state index contributed by atoms with van der Waals surface area (Å²) in [6, 6.07) is 0.0804. The first kappa shape index (κ1) is 12.4. The Morgan fingerprint density at radius 3 is 2.54 bits per heavy atom. The van der Waals surface area contributed by atoms with E-state index in [1.807, 2.05) is 20.9 Å². The summed E-state index contributed by atoms with van der Waals surface area (Å²) in [5.41, 5.74) is 0. The van der Waals surface area contributed by atoms with Crippen LogP contribution >= 0.6 is 0 Å². The molecule has 0 spiro atoms. The molecule has 1 amide bonds. The van der Waals surface area contributed by atoms with Gasteiger partial charge in [0.15, 0.2) is 0 Å². The Balaban J connectivity index is 3.71. The normalized spacial score (nSPS) is 15.1. The molecule has 0 saturated carbocycles. The summed E-state index contributed by atoms with van der Waals surface area (Å²) in [7, 11) is 3.46. The number of hydrogen-bond acceptors (Lipinski definition) is 3. The van der Waals surface area contributed by atoms with Crippen LogP contribution in [0, 0.1) is 5.92 Å². The van der Waals surface area contributed by atoms with Gasteiger partial charge in [-0.25, -0.2) is 0 Å². The molecular weight excluding hydrogens is 168 g/mol. The number of carbonyl (C=O) groups excluding carboxylic acids is 1. The maximum absolute atomic E-state index is 11.4. The topological polar surface area (TPSA) is 50.4 Å². The fraction of sp³-hybridized carbons (Fsp3) is 0.889. The highest BCUT2D eigenvalue weighted by Gasteiger charge is 2.13. The lowest BCUT2D eigenvalue weighted by atomic mass is 10.1. The Bertz CT molecular complexity index is 151. The molecule has 0 saturated heterocycles. The quantitative estimate of drug-likeness (QED) is 0.616. The smallest absolute Gasteiger partial charge is 0.224 e. The lowest BCUT2D eigenvalue weighted by molar-refractivity contribution is -0.125. The number of carbonyl (C=O) groups is 1. The minimum absolute atomic E-state index is 0.00399. The molecule has 0 heterocycles. The highest BCUT2D eigenvalue weighted by Crippen LogP contribution is 1.93. The molecule has 0 aromatic rings. The fourth-order valence-corrected chi connectivity index (χ4v) is 1.08. The third-order valence-electron chi connectivity index (χ3n) is 1.76. The van der Waals surface area contributed by atoms with Gasteiger partial charge in [0.05, 0.1) is 6.61 Å². The van der Waals surface area contributed by atoms with Crippen molar-refractivity contribution < 1.29 is 9.53 Å². The Morgan fingerprint density at radius 1 is 1.46 bits per heavy atom. The summed E-state index contributed by atoms with van der Waals surface area (Å²) in [6.07, 6.45) is 0. The first-order valence-corrected chi connectivity index (χ1v) is 4.55. The first-order valence-electron chi connectivity index (χ1n) is 4.55. The molecule has 0 aromatic carbocycles. The van der Waals surface area contributed by atoms with Gasteiger partial charge in [-0.1, -0.05) is 6.92 Å². The van der Waals surface area contributed by atoms with Crippen LogP contribution in [0.3, 0.4) is 0 Å². The molecular formula is C9H20N2O2. The average Bonchev–Trinajstić information content (AvgIpc) is 2.05. The number of ether oxygens (including phenoxy) is 1. The van der Waals surface area contributed by atoms with Gasteiger partial charge < -0.3 is 15.4 Å². The Kier molecular flexibility index (Phi) is 6.54. The molecule has 0 rings (SSSR count). The van der Waals surface area contributed by atoms with E-state index in [2.05, 4.69) is 10.6 Å². The lowest BCUT2D eigenvalue weighted by Gasteiger charge is -2.16. The summed E-state index contributed by atoms with van der Waals surface area (Å²) >= 11 is 0. The zero-order valence-electron chi connectivity index (χ0n) is 8.89. The van der Waals surface area contributed by atoms with E-state index in [0.29, 0.717) is 13.2 Å². The van der Waals surface area contributed by atoms with E-state index in [0.717, 1.165) is 0 Å². The van der Waals surface area contributed by atoms with Gasteiger partial charge in [0, 0.05) is 25.6 Å². The molecule has 2 N–H and O–H groups in total. The first-order chi connectivity index (χ1) is 6.11. The summed E-state index contributed by atoms with van der Waals surface area (Å²) in [5, 5.41) is 5.82. The molecule has 0 aliphatic rings. The molecule has 4 nitrogen and oxygen atoms in total. The second kappa shape index (κ2) is 6.86. The van der Waals surface area contributed by atoms with Crippen molar-refractivity contribution in [1.82, 2.24) is 10.6 Å². The second-order valence-electron chi connectivity index (χ2n) is 3.32. The molecule has 78 valence electrons. The van der Waals surface area contributed by atoms with Crippen molar-refractivity contribution in [3.8, 4) is 0 Å².